The molecule has 0 amide bonds. The van der Waals surface area contributed by atoms with Crippen LogP contribution in [0.15, 0.2) is 42.5 Å². The van der Waals surface area contributed by atoms with Crippen molar-refractivity contribution in [2.75, 3.05) is 6.61 Å². The van der Waals surface area contributed by atoms with E-state index in [1.807, 2.05) is 37.3 Å². The number of halogens is 1. The Kier molecular flexibility index (Phi) is 4.01. The van der Waals surface area contributed by atoms with Crippen LogP contribution in [0.3, 0.4) is 0 Å². The van der Waals surface area contributed by atoms with E-state index in [0.29, 0.717) is 17.2 Å². The van der Waals surface area contributed by atoms with Gasteiger partial charge in [0.05, 0.1) is 6.61 Å². The third kappa shape index (κ3) is 2.66. The van der Waals surface area contributed by atoms with Crippen molar-refractivity contribution in [2.45, 2.75) is 6.92 Å². The van der Waals surface area contributed by atoms with Gasteiger partial charge >= 0.3 is 5.97 Å². The Morgan fingerprint density at radius 1 is 1.22 bits per heavy atom. The second-order valence-electron chi connectivity index (χ2n) is 5.21. The molecule has 0 aliphatic heterocycles. The van der Waals surface area contributed by atoms with Crippen LogP contribution in [-0.2, 0) is 7.05 Å². The van der Waals surface area contributed by atoms with E-state index < -0.39 is 5.97 Å². The summed E-state index contributed by atoms with van der Waals surface area (Å²) in [6.07, 6.45) is 0. The van der Waals surface area contributed by atoms with E-state index in [1.54, 1.807) is 23.7 Å². The van der Waals surface area contributed by atoms with Gasteiger partial charge < -0.3 is 14.4 Å². The molecule has 1 N–H and O–H groups in total. The van der Waals surface area contributed by atoms with Crippen molar-refractivity contribution in [3.05, 3.63) is 53.2 Å². The van der Waals surface area contributed by atoms with E-state index in [2.05, 4.69) is 0 Å². The predicted octanol–water partition coefficient (Wildman–Crippen LogP) is 4.60. The molecule has 1 aromatic heterocycles. The van der Waals surface area contributed by atoms with E-state index in [-0.39, 0.29) is 5.69 Å². The Morgan fingerprint density at radius 2 is 1.91 bits per heavy atom. The number of carbonyl (C=O) groups is 1. The van der Waals surface area contributed by atoms with E-state index in [0.717, 1.165) is 22.2 Å². The summed E-state index contributed by atoms with van der Waals surface area (Å²) in [5, 5.41) is 11.1. The van der Waals surface area contributed by atoms with Crippen molar-refractivity contribution < 1.29 is 14.6 Å². The third-order valence-corrected chi connectivity index (χ3v) is 4.07. The number of nitrogens with zero attached hydrogens (tertiary/aromatic N) is 1. The van der Waals surface area contributed by atoms with Gasteiger partial charge in [0, 0.05) is 28.5 Å². The number of ether oxygens (including phenoxy) is 1. The molecular formula is C18H16ClNO3. The number of fused-ring (bicyclic) bond motifs is 1. The van der Waals surface area contributed by atoms with E-state index in [9.17, 15) is 9.90 Å². The molecule has 3 rings (SSSR count). The number of hydrogen-bond acceptors (Lipinski definition) is 2. The SMILES string of the molecule is CCOc1ccc2c(c1)c(-c1ccc(Cl)cc1)c(C(=O)O)n2C. The maximum absolute atomic E-state index is 11.8. The zero-order valence-electron chi connectivity index (χ0n) is 12.8. The topological polar surface area (TPSA) is 51.5 Å². The maximum atomic E-state index is 11.8. The summed E-state index contributed by atoms with van der Waals surface area (Å²) in [6, 6.07) is 12.8. The minimum absolute atomic E-state index is 0.246. The van der Waals surface area contributed by atoms with Gasteiger partial charge in [0.25, 0.3) is 0 Å². The zero-order valence-corrected chi connectivity index (χ0v) is 13.6. The number of benzene rings is 2. The highest BCUT2D eigenvalue weighted by Gasteiger charge is 2.22. The minimum Gasteiger partial charge on any atom is -0.494 e. The zero-order chi connectivity index (χ0) is 16.6. The number of hydrogen-bond donors (Lipinski definition) is 1. The van der Waals surface area contributed by atoms with Gasteiger partial charge in [-0.1, -0.05) is 23.7 Å². The first-order chi connectivity index (χ1) is 11.0. The van der Waals surface area contributed by atoms with E-state index in [1.165, 1.54) is 0 Å². The second kappa shape index (κ2) is 5.97. The highest BCUT2D eigenvalue weighted by molar-refractivity contribution is 6.30. The summed E-state index contributed by atoms with van der Waals surface area (Å²) in [6.45, 7) is 2.47. The maximum Gasteiger partial charge on any atom is 0.353 e. The molecule has 0 unspecified atom stereocenters. The molecule has 0 spiro atoms. The summed E-state index contributed by atoms with van der Waals surface area (Å²) in [5.41, 5.74) is 2.58. The quantitative estimate of drug-likeness (QED) is 0.761. The van der Waals surface area contributed by atoms with Crippen LogP contribution in [0.4, 0.5) is 0 Å². The molecule has 0 aliphatic carbocycles. The van der Waals surface area contributed by atoms with Crippen molar-refractivity contribution in [3.63, 3.8) is 0 Å². The van der Waals surface area contributed by atoms with Crippen LogP contribution in [-0.4, -0.2) is 22.2 Å². The molecule has 0 saturated carbocycles. The smallest absolute Gasteiger partial charge is 0.353 e. The molecule has 0 fully saturated rings. The summed E-state index contributed by atoms with van der Waals surface area (Å²) in [4.78, 5) is 11.8. The van der Waals surface area contributed by atoms with Gasteiger partial charge in [-0.15, -0.1) is 0 Å². The normalized spacial score (nSPS) is 10.9. The molecule has 3 aromatic rings. The summed E-state index contributed by atoms with van der Waals surface area (Å²) < 4.78 is 7.25. The molecule has 2 aromatic carbocycles. The largest absolute Gasteiger partial charge is 0.494 e. The first-order valence-corrected chi connectivity index (χ1v) is 7.65. The standard InChI is InChI=1S/C18H16ClNO3/c1-3-23-13-8-9-15-14(10-13)16(17(18(21)22)20(15)2)11-4-6-12(19)7-5-11/h4-10H,3H2,1-2H3,(H,21,22). The lowest BCUT2D eigenvalue weighted by molar-refractivity contribution is 0.0688. The van der Waals surface area contributed by atoms with E-state index >= 15 is 0 Å². The molecule has 1 heterocycles. The molecule has 4 nitrogen and oxygen atoms in total. The number of rotatable bonds is 4. The monoisotopic (exact) mass is 329 g/mol. The lowest BCUT2D eigenvalue weighted by Gasteiger charge is -2.05. The van der Waals surface area contributed by atoms with Crippen molar-refractivity contribution in [1.29, 1.82) is 0 Å². The predicted molar refractivity (Wildman–Crippen MR) is 91.5 cm³/mol. The molecule has 5 heteroatoms. The minimum atomic E-state index is -0.966. The van der Waals surface area contributed by atoms with E-state index in [4.69, 9.17) is 16.3 Å². The van der Waals surface area contributed by atoms with Crippen molar-refractivity contribution in [3.8, 4) is 16.9 Å². The molecule has 0 aliphatic rings. The van der Waals surface area contributed by atoms with Crippen LogP contribution in [0.2, 0.25) is 5.02 Å². The molecular weight excluding hydrogens is 314 g/mol. The van der Waals surface area contributed by atoms with Crippen molar-refractivity contribution in [1.82, 2.24) is 4.57 Å². The molecule has 23 heavy (non-hydrogen) atoms. The summed E-state index contributed by atoms with van der Waals surface area (Å²) in [7, 11) is 1.76. The first-order valence-electron chi connectivity index (χ1n) is 7.27. The van der Waals surface area contributed by atoms with Gasteiger partial charge in [-0.05, 0) is 42.8 Å². The molecule has 0 saturated heterocycles. The Morgan fingerprint density at radius 3 is 2.52 bits per heavy atom. The van der Waals surface area contributed by atoms with Crippen LogP contribution in [0.5, 0.6) is 5.75 Å². The van der Waals surface area contributed by atoms with Gasteiger partial charge in [-0.2, -0.15) is 0 Å². The Hall–Kier alpha value is -2.46. The molecule has 0 atom stereocenters. The van der Waals surface area contributed by atoms with Gasteiger partial charge in [0.15, 0.2) is 0 Å². The Bertz CT molecular complexity index is 881. The lowest BCUT2D eigenvalue weighted by Crippen LogP contribution is -2.05. The van der Waals surface area contributed by atoms with Crippen molar-refractivity contribution in [2.24, 2.45) is 7.05 Å². The highest BCUT2D eigenvalue weighted by atomic mass is 35.5. The Labute approximate surface area is 138 Å². The Balaban J connectivity index is 2.35. The third-order valence-electron chi connectivity index (χ3n) is 3.82. The number of aryl methyl sites for hydroxylation is 1. The van der Waals surface area contributed by atoms with Crippen LogP contribution in [0.1, 0.15) is 17.4 Å². The highest BCUT2D eigenvalue weighted by Crippen LogP contribution is 2.36. The lowest BCUT2D eigenvalue weighted by atomic mass is 10.0. The van der Waals surface area contributed by atoms with Crippen molar-refractivity contribution >= 4 is 28.5 Å². The van der Waals surface area contributed by atoms with Crippen LogP contribution >= 0.6 is 11.6 Å². The fourth-order valence-electron chi connectivity index (χ4n) is 2.84. The van der Waals surface area contributed by atoms with Crippen LogP contribution in [0, 0.1) is 0 Å². The fraction of sp³-hybridized carbons (Fsp3) is 0.167. The molecule has 0 radical (unpaired) electrons. The number of aromatic nitrogens is 1. The molecule has 0 bridgehead atoms. The fourth-order valence-corrected chi connectivity index (χ4v) is 2.97. The summed E-state index contributed by atoms with van der Waals surface area (Å²) >= 11 is 5.95. The van der Waals surface area contributed by atoms with Gasteiger partial charge in [0.1, 0.15) is 11.4 Å². The van der Waals surface area contributed by atoms with Gasteiger partial charge in [-0.25, -0.2) is 4.79 Å². The molecule has 118 valence electrons. The second-order valence-corrected chi connectivity index (χ2v) is 5.64. The van der Waals surface area contributed by atoms with Gasteiger partial charge in [-0.3, -0.25) is 0 Å². The number of carboxylic acid groups (broad SMARTS) is 1. The number of aromatic carboxylic acids is 1. The first kappa shape index (κ1) is 15.4. The van der Waals surface area contributed by atoms with Gasteiger partial charge in [0.2, 0.25) is 0 Å². The number of carboxylic acids is 1. The summed E-state index contributed by atoms with van der Waals surface area (Å²) in [5.74, 6) is -0.246. The van der Waals surface area contributed by atoms with Crippen LogP contribution in [0.25, 0.3) is 22.0 Å². The average Bonchev–Trinajstić information content (AvgIpc) is 2.81. The average molecular weight is 330 g/mol. The van der Waals surface area contributed by atoms with Crippen LogP contribution < -0.4 is 4.74 Å².